The number of rotatable bonds is 2. The van der Waals surface area contributed by atoms with Crippen molar-refractivity contribution in [3.8, 4) is 0 Å². The minimum Gasteiger partial charge on any atom is -0.389 e. The fraction of sp³-hybridized carbons (Fsp3) is 0.857. The van der Waals surface area contributed by atoms with Crippen LogP contribution in [-0.4, -0.2) is 55.6 Å². The molecular formula is C21H32O5. The predicted octanol–water partition coefficient (Wildman–Crippen LogP) is 2.65. The normalized spacial score (nSPS) is 53.5. The lowest BCUT2D eigenvalue weighted by Gasteiger charge is -2.77. The molecule has 2 saturated carbocycles. The molecule has 7 atom stereocenters. The summed E-state index contributed by atoms with van der Waals surface area (Å²) in [4.78, 5) is 13.8. The van der Waals surface area contributed by atoms with Gasteiger partial charge in [-0.1, -0.05) is 12.5 Å². The highest BCUT2D eigenvalue weighted by atomic mass is 16.5. The summed E-state index contributed by atoms with van der Waals surface area (Å²) in [7, 11) is 3.29. The third-order valence-corrected chi connectivity index (χ3v) is 8.72. The Morgan fingerprint density at radius 3 is 2.54 bits per heavy atom. The van der Waals surface area contributed by atoms with Gasteiger partial charge in [-0.25, -0.2) is 0 Å². The summed E-state index contributed by atoms with van der Waals surface area (Å²) in [6.07, 6.45) is 1.94. The summed E-state index contributed by atoms with van der Waals surface area (Å²) in [6, 6.07) is 0. The van der Waals surface area contributed by atoms with E-state index in [1.807, 2.05) is 13.8 Å². The smallest absolute Gasteiger partial charge is 0.174 e. The maximum atomic E-state index is 13.8. The van der Waals surface area contributed by atoms with Crippen molar-refractivity contribution < 1.29 is 24.1 Å². The molecule has 1 spiro atoms. The molecule has 0 amide bonds. The van der Waals surface area contributed by atoms with Crippen molar-refractivity contribution in [2.24, 2.45) is 16.2 Å². The van der Waals surface area contributed by atoms with Crippen LogP contribution in [0.3, 0.4) is 0 Å². The van der Waals surface area contributed by atoms with Gasteiger partial charge in [0.2, 0.25) is 0 Å². The molecule has 0 radical (unpaired) electrons. The van der Waals surface area contributed by atoms with Crippen LogP contribution in [0.5, 0.6) is 0 Å². The second kappa shape index (κ2) is 5.40. The summed E-state index contributed by atoms with van der Waals surface area (Å²) in [5, 5.41) is 11.6. The molecule has 3 fully saturated rings. The van der Waals surface area contributed by atoms with Crippen LogP contribution in [0.2, 0.25) is 0 Å². The Kier molecular flexibility index (Phi) is 3.87. The van der Waals surface area contributed by atoms with E-state index in [2.05, 4.69) is 13.8 Å². The average molecular weight is 364 g/mol. The fourth-order valence-electron chi connectivity index (χ4n) is 7.08. The van der Waals surface area contributed by atoms with Gasteiger partial charge < -0.3 is 19.3 Å². The minimum absolute atomic E-state index is 0.0138. The van der Waals surface area contributed by atoms with Crippen LogP contribution in [0.15, 0.2) is 11.1 Å². The molecular weight excluding hydrogens is 332 g/mol. The fourth-order valence-corrected chi connectivity index (χ4v) is 7.08. The number of aliphatic hydroxyl groups is 1. The van der Waals surface area contributed by atoms with Crippen LogP contribution in [0.25, 0.3) is 0 Å². The molecule has 0 aromatic carbocycles. The van der Waals surface area contributed by atoms with Crippen LogP contribution in [-0.2, 0) is 19.0 Å². The summed E-state index contributed by atoms with van der Waals surface area (Å²) >= 11 is 0. The van der Waals surface area contributed by atoms with E-state index in [-0.39, 0.29) is 18.0 Å². The lowest BCUT2D eigenvalue weighted by atomic mass is 9.27. The zero-order chi connectivity index (χ0) is 19.1. The molecule has 5 heteroatoms. The topological polar surface area (TPSA) is 65.0 Å². The molecule has 5 nitrogen and oxygen atoms in total. The maximum absolute atomic E-state index is 13.8. The van der Waals surface area contributed by atoms with Crippen molar-refractivity contribution in [1.29, 1.82) is 0 Å². The first-order valence-corrected chi connectivity index (χ1v) is 9.77. The SMILES string of the molecule is COC1C(=O)C2(C)C(OC)CC(C)OCC23CC2(O)CCC(C)=C1[C@@]23C. The summed E-state index contributed by atoms with van der Waals surface area (Å²) in [6.45, 7) is 8.77. The Balaban J connectivity index is 2.01. The Hall–Kier alpha value is -0.750. The van der Waals surface area contributed by atoms with E-state index in [9.17, 15) is 9.90 Å². The highest BCUT2D eigenvalue weighted by Gasteiger charge is 2.84. The molecule has 4 aliphatic rings. The first kappa shape index (κ1) is 18.6. The third kappa shape index (κ3) is 1.70. The molecule has 1 saturated heterocycles. The van der Waals surface area contributed by atoms with E-state index in [1.165, 1.54) is 5.57 Å². The summed E-state index contributed by atoms with van der Waals surface area (Å²) in [5.74, 6) is 0.0836. The standard InChI is InChI=1S/C21H32O5/c1-12-7-8-21(23)10-20-11-26-13(2)9-14(24-5)18(20,3)17(22)16(25-6)15(12)19(20,21)4/h13-14,16,23H,7-11H2,1-6H3/t13?,14?,16?,18?,19-,20?,21?/m1/s1. The average Bonchev–Trinajstić information content (AvgIpc) is 2.72. The van der Waals surface area contributed by atoms with Gasteiger partial charge in [-0.3, -0.25) is 4.79 Å². The molecule has 4 rings (SSSR count). The number of carbonyl (C=O) groups excluding carboxylic acids is 1. The van der Waals surface area contributed by atoms with Crippen molar-refractivity contribution in [3.63, 3.8) is 0 Å². The van der Waals surface area contributed by atoms with E-state index in [0.717, 1.165) is 18.4 Å². The maximum Gasteiger partial charge on any atom is 0.174 e. The van der Waals surface area contributed by atoms with Crippen LogP contribution < -0.4 is 0 Å². The lowest BCUT2D eigenvalue weighted by Crippen LogP contribution is -2.83. The van der Waals surface area contributed by atoms with Gasteiger partial charge in [0, 0.05) is 31.5 Å². The number of carbonyl (C=O) groups is 1. The number of ether oxygens (including phenoxy) is 3. The molecule has 3 aliphatic carbocycles. The van der Waals surface area contributed by atoms with Crippen molar-refractivity contribution >= 4 is 5.78 Å². The Labute approximate surface area is 156 Å². The third-order valence-electron chi connectivity index (χ3n) is 8.72. The number of hydrogen-bond donors (Lipinski definition) is 1. The van der Waals surface area contributed by atoms with E-state index in [0.29, 0.717) is 19.4 Å². The van der Waals surface area contributed by atoms with Gasteiger partial charge in [-0.15, -0.1) is 0 Å². The van der Waals surface area contributed by atoms with E-state index in [4.69, 9.17) is 14.2 Å². The van der Waals surface area contributed by atoms with Gasteiger partial charge in [0.25, 0.3) is 0 Å². The zero-order valence-electron chi connectivity index (χ0n) is 16.8. The van der Waals surface area contributed by atoms with Gasteiger partial charge in [0.15, 0.2) is 5.78 Å². The van der Waals surface area contributed by atoms with Gasteiger partial charge >= 0.3 is 0 Å². The Morgan fingerprint density at radius 2 is 1.92 bits per heavy atom. The Bertz CT molecular complexity index is 686. The van der Waals surface area contributed by atoms with Gasteiger partial charge in [-0.05, 0) is 45.6 Å². The molecule has 26 heavy (non-hydrogen) atoms. The van der Waals surface area contributed by atoms with E-state index < -0.39 is 27.9 Å². The summed E-state index contributed by atoms with van der Waals surface area (Å²) in [5.41, 5.74) is -0.388. The highest BCUT2D eigenvalue weighted by Crippen LogP contribution is 2.79. The lowest BCUT2D eigenvalue weighted by molar-refractivity contribution is -0.320. The zero-order valence-corrected chi connectivity index (χ0v) is 16.8. The molecule has 1 N–H and O–H groups in total. The van der Waals surface area contributed by atoms with Crippen LogP contribution >= 0.6 is 0 Å². The first-order chi connectivity index (χ1) is 12.1. The molecule has 0 bridgehead atoms. The number of Topliss-reactive ketones (excluding diaryl/α,β-unsaturated/α-hetero) is 1. The van der Waals surface area contributed by atoms with Crippen molar-refractivity contribution in [1.82, 2.24) is 0 Å². The van der Waals surface area contributed by atoms with Crippen LogP contribution in [0, 0.1) is 16.2 Å². The largest absolute Gasteiger partial charge is 0.389 e. The molecule has 1 heterocycles. The van der Waals surface area contributed by atoms with Crippen LogP contribution in [0.1, 0.15) is 53.4 Å². The van der Waals surface area contributed by atoms with Gasteiger partial charge in [0.1, 0.15) is 6.10 Å². The summed E-state index contributed by atoms with van der Waals surface area (Å²) < 4.78 is 17.9. The minimum atomic E-state index is -0.810. The molecule has 0 aromatic heterocycles. The molecule has 6 unspecified atom stereocenters. The molecule has 0 aromatic rings. The molecule has 146 valence electrons. The number of ketones is 1. The quantitative estimate of drug-likeness (QED) is 0.763. The Morgan fingerprint density at radius 1 is 1.23 bits per heavy atom. The molecule has 1 aliphatic heterocycles. The second-order valence-electron chi connectivity index (χ2n) is 9.37. The predicted molar refractivity (Wildman–Crippen MR) is 96.8 cm³/mol. The monoisotopic (exact) mass is 364 g/mol. The second-order valence-corrected chi connectivity index (χ2v) is 9.37. The number of hydrogen-bond acceptors (Lipinski definition) is 5. The number of methoxy groups -OCH3 is 2. The van der Waals surface area contributed by atoms with Crippen LogP contribution in [0.4, 0.5) is 0 Å². The number of allylic oxidation sites excluding steroid dienone is 1. The van der Waals surface area contributed by atoms with Gasteiger partial charge in [-0.2, -0.15) is 0 Å². The van der Waals surface area contributed by atoms with E-state index in [1.54, 1.807) is 14.2 Å². The van der Waals surface area contributed by atoms with Crippen molar-refractivity contribution in [2.75, 3.05) is 20.8 Å². The first-order valence-electron chi connectivity index (χ1n) is 9.77. The van der Waals surface area contributed by atoms with Crippen molar-refractivity contribution in [3.05, 3.63) is 11.1 Å². The van der Waals surface area contributed by atoms with Gasteiger partial charge in [0.05, 0.1) is 29.8 Å². The van der Waals surface area contributed by atoms with E-state index >= 15 is 0 Å². The van der Waals surface area contributed by atoms with Crippen molar-refractivity contribution in [2.45, 2.75) is 77.3 Å². The highest BCUT2D eigenvalue weighted by molar-refractivity contribution is 5.96.